The predicted molar refractivity (Wildman–Crippen MR) is 54.7 cm³/mol. The van der Waals surface area contributed by atoms with Crippen LogP contribution in [0.15, 0.2) is 24.0 Å². The fraction of sp³-hybridized carbons (Fsp3) is 0.545. The Hall–Kier alpha value is -1.09. The molecule has 0 spiro atoms. The smallest absolute Gasteiger partial charge is 0.103 e. The van der Waals surface area contributed by atoms with Crippen molar-refractivity contribution in [2.75, 3.05) is 0 Å². The highest BCUT2D eigenvalue weighted by atomic mass is 16.3. The predicted octanol–water partition coefficient (Wildman–Crippen LogP) is 2.33. The second-order valence-electron chi connectivity index (χ2n) is 3.81. The van der Waals surface area contributed by atoms with Crippen LogP contribution in [0.1, 0.15) is 43.8 Å². The van der Waals surface area contributed by atoms with E-state index in [9.17, 15) is 5.11 Å². The van der Waals surface area contributed by atoms with E-state index in [1.165, 1.54) is 19.3 Å². The molecule has 76 valence electrons. The van der Waals surface area contributed by atoms with Gasteiger partial charge < -0.3 is 5.11 Å². The van der Waals surface area contributed by atoms with E-state index in [0.29, 0.717) is 0 Å². The second kappa shape index (κ2) is 4.42. The van der Waals surface area contributed by atoms with Gasteiger partial charge in [-0.25, -0.2) is 0 Å². The summed E-state index contributed by atoms with van der Waals surface area (Å²) < 4.78 is 0. The molecule has 1 atom stereocenters. The number of hydrogen-bond acceptors (Lipinski definition) is 2. The zero-order valence-corrected chi connectivity index (χ0v) is 8.24. The average molecular weight is 192 g/mol. The molecule has 0 saturated heterocycles. The van der Waals surface area contributed by atoms with E-state index in [2.05, 4.69) is 16.3 Å². The molecular weight excluding hydrogens is 176 g/mol. The number of hydrogen-bond donors (Lipinski definition) is 2. The van der Waals surface area contributed by atoms with Gasteiger partial charge in [-0.05, 0) is 31.3 Å². The Morgan fingerprint density at radius 1 is 1.36 bits per heavy atom. The first-order valence-electron chi connectivity index (χ1n) is 5.23. The molecule has 0 aliphatic heterocycles. The summed E-state index contributed by atoms with van der Waals surface area (Å²) in [5, 5.41) is 16.6. The largest absolute Gasteiger partial charge is 0.384 e. The van der Waals surface area contributed by atoms with Gasteiger partial charge >= 0.3 is 0 Å². The van der Waals surface area contributed by atoms with Gasteiger partial charge in [-0.3, -0.25) is 5.10 Å². The third-order valence-electron chi connectivity index (χ3n) is 2.76. The molecule has 1 heterocycles. The van der Waals surface area contributed by atoms with Crippen LogP contribution < -0.4 is 0 Å². The fourth-order valence-corrected chi connectivity index (χ4v) is 1.91. The SMILES string of the molecule is OC(C1=CCCCCC1)c1cn[nH]c1. The van der Waals surface area contributed by atoms with Crippen molar-refractivity contribution in [1.29, 1.82) is 0 Å². The van der Waals surface area contributed by atoms with Crippen molar-refractivity contribution >= 4 is 0 Å². The van der Waals surface area contributed by atoms with Crippen LogP contribution in [0.3, 0.4) is 0 Å². The lowest BCUT2D eigenvalue weighted by atomic mass is 10.0. The van der Waals surface area contributed by atoms with E-state index in [0.717, 1.165) is 24.0 Å². The van der Waals surface area contributed by atoms with E-state index < -0.39 is 6.10 Å². The lowest BCUT2D eigenvalue weighted by Gasteiger charge is -2.11. The quantitative estimate of drug-likeness (QED) is 0.706. The molecule has 2 N–H and O–H groups in total. The van der Waals surface area contributed by atoms with Gasteiger partial charge in [0.15, 0.2) is 0 Å². The number of aromatic amines is 1. The molecule has 1 unspecified atom stereocenters. The van der Waals surface area contributed by atoms with Gasteiger partial charge in [-0.15, -0.1) is 0 Å². The Balaban J connectivity index is 2.10. The van der Waals surface area contributed by atoms with Crippen molar-refractivity contribution in [3.05, 3.63) is 29.6 Å². The molecule has 3 heteroatoms. The standard InChI is InChI=1S/C11H16N2O/c14-11(10-7-12-13-8-10)9-5-3-1-2-4-6-9/h5,7-8,11,14H,1-4,6H2,(H,12,13). The average Bonchev–Trinajstić information content (AvgIpc) is 2.59. The van der Waals surface area contributed by atoms with Gasteiger partial charge in [0.25, 0.3) is 0 Å². The summed E-state index contributed by atoms with van der Waals surface area (Å²) >= 11 is 0. The Labute approximate surface area is 83.8 Å². The van der Waals surface area contributed by atoms with E-state index >= 15 is 0 Å². The molecule has 3 nitrogen and oxygen atoms in total. The molecule has 14 heavy (non-hydrogen) atoms. The number of aromatic nitrogens is 2. The molecular formula is C11H16N2O. The summed E-state index contributed by atoms with van der Waals surface area (Å²) in [6.07, 6.45) is 11.0. The van der Waals surface area contributed by atoms with Crippen molar-refractivity contribution in [2.24, 2.45) is 0 Å². The van der Waals surface area contributed by atoms with Crippen molar-refractivity contribution in [1.82, 2.24) is 10.2 Å². The third-order valence-corrected chi connectivity index (χ3v) is 2.76. The molecule has 1 aliphatic carbocycles. The van der Waals surface area contributed by atoms with Gasteiger partial charge in [-0.2, -0.15) is 5.10 Å². The van der Waals surface area contributed by atoms with Crippen LogP contribution in [0.4, 0.5) is 0 Å². The van der Waals surface area contributed by atoms with E-state index in [4.69, 9.17) is 0 Å². The lowest BCUT2D eigenvalue weighted by molar-refractivity contribution is 0.210. The van der Waals surface area contributed by atoms with Crippen LogP contribution in [0, 0.1) is 0 Å². The first-order valence-corrected chi connectivity index (χ1v) is 5.23. The molecule has 0 fully saturated rings. The fourth-order valence-electron chi connectivity index (χ4n) is 1.91. The topological polar surface area (TPSA) is 48.9 Å². The van der Waals surface area contributed by atoms with Crippen LogP contribution in [0.5, 0.6) is 0 Å². The summed E-state index contributed by atoms with van der Waals surface area (Å²) in [6, 6.07) is 0. The molecule has 1 aromatic rings. The van der Waals surface area contributed by atoms with E-state index in [1.54, 1.807) is 12.4 Å². The van der Waals surface area contributed by atoms with Crippen LogP contribution >= 0.6 is 0 Å². The monoisotopic (exact) mass is 192 g/mol. The summed E-state index contributed by atoms with van der Waals surface area (Å²) in [5.41, 5.74) is 2.03. The summed E-state index contributed by atoms with van der Waals surface area (Å²) in [4.78, 5) is 0. The number of allylic oxidation sites excluding steroid dienone is 1. The minimum atomic E-state index is -0.452. The maximum atomic E-state index is 10.0. The number of rotatable bonds is 2. The summed E-state index contributed by atoms with van der Waals surface area (Å²) in [7, 11) is 0. The molecule has 0 aromatic carbocycles. The van der Waals surface area contributed by atoms with Gasteiger partial charge in [0.2, 0.25) is 0 Å². The molecule has 0 bridgehead atoms. The Bertz CT molecular complexity index is 303. The molecule has 1 aliphatic rings. The minimum Gasteiger partial charge on any atom is -0.384 e. The Kier molecular flexibility index (Phi) is 2.99. The van der Waals surface area contributed by atoms with Gasteiger partial charge in [0.1, 0.15) is 6.10 Å². The molecule has 0 amide bonds. The van der Waals surface area contributed by atoms with Crippen molar-refractivity contribution < 1.29 is 5.11 Å². The Morgan fingerprint density at radius 3 is 3.07 bits per heavy atom. The number of nitrogens with zero attached hydrogens (tertiary/aromatic N) is 1. The molecule has 0 radical (unpaired) electrons. The minimum absolute atomic E-state index is 0.452. The van der Waals surface area contributed by atoms with Crippen LogP contribution in [0.2, 0.25) is 0 Å². The zero-order chi connectivity index (χ0) is 9.80. The number of H-pyrrole nitrogens is 1. The van der Waals surface area contributed by atoms with Gasteiger partial charge in [-0.1, -0.05) is 12.5 Å². The van der Waals surface area contributed by atoms with E-state index in [-0.39, 0.29) is 0 Å². The number of aliphatic hydroxyl groups is 1. The van der Waals surface area contributed by atoms with Gasteiger partial charge in [0, 0.05) is 11.8 Å². The van der Waals surface area contributed by atoms with E-state index in [1.807, 2.05) is 0 Å². The normalized spacial score (nSPS) is 19.9. The highest BCUT2D eigenvalue weighted by Crippen LogP contribution is 2.28. The first kappa shape index (κ1) is 9.46. The highest BCUT2D eigenvalue weighted by Gasteiger charge is 2.15. The number of nitrogens with one attached hydrogen (secondary N) is 1. The van der Waals surface area contributed by atoms with Crippen LogP contribution in [0.25, 0.3) is 0 Å². The maximum absolute atomic E-state index is 10.0. The molecule has 0 saturated carbocycles. The van der Waals surface area contributed by atoms with Crippen molar-refractivity contribution in [3.63, 3.8) is 0 Å². The second-order valence-corrected chi connectivity index (χ2v) is 3.81. The van der Waals surface area contributed by atoms with Gasteiger partial charge in [0.05, 0.1) is 6.20 Å². The summed E-state index contributed by atoms with van der Waals surface area (Å²) in [5.74, 6) is 0. The van der Waals surface area contributed by atoms with Crippen molar-refractivity contribution in [3.8, 4) is 0 Å². The third kappa shape index (κ3) is 2.04. The van der Waals surface area contributed by atoms with Crippen LogP contribution in [-0.4, -0.2) is 15.3 Å². The molecule has 2 rings (SSSR count). The van der Waals surface area contributed by atoms with Crippen LogP contribution in [-0.2, 0) is 0 Å². The highest BCUT2D eigenvalue weighted by molar-refractivity contribution is 5.21. The number of aliphatic hydroxyl groups excluding tert-OH is 1. The molecule has 1 aromatic heterocycles. The first-order chi connectivity index (χ1) is 6.88. The lowest BCUT2D eigenvalue weighted by Crippen LogP contribution is -2.00. The zero-order valence-electron chi connectivity index (χ0n) is 8.24. The maximum Gasteiger partial charge on any atom is 0.103 e. The summed E-state index contributed by atoms with van der Waals surface area (Å²) in [6.45, 7) is 0. The Morgan fingerprint density at radius 2 is 2.29 bits per heavy atom. The van der Waals surface area contributed by atoms with Crippen molar-refractivity contribution in [2.45, 2.75) is 38.2 Å².